The molecule has 0 fully saturated rings. The van der Waals surface area contributed by atoms with E-state index in [9.17, 15) is 8.42 Å². The summed E-state index contributed by atoms with van der Waals surface area (Å²) in [6.45, 7) is 0. The van der Waals surface area contributed by atoms with Crippen molar-refractivity contribution in [3.05, 3.63) is 19.9 Å². The molecule has 0 bridgehead atoms. The SMILES string of the molecule is C.C.C.C.O.O=NO.O=NOS(=O)(=O)O.O=N[O-].O=S(=O)(O)O.O=S(=O)(O)O.O=S(=O)([O-])O.[Na+].[Na+]. The molecule has 0 unspecified atom stereocenters. The molecule has 0 aromatic heterocycles. The van der Waals surface area contributed by atoms with Gasteiger partial charge in [0.05, 0.1) is 0 Å². The van der Waals surface area contributed by atoms with Crippen LogP contribution >= 0.6 is 0 Å². The van der Waals surface area contributed by atoms with Crippen LogP contribution in [0, 0.1) is 19.9 Å². The van der Waals surface area contributed by atoms with Crippen LogP contribution in [0.25, 0.3) is 0 Å². The normalized spacial score (nSPS) is 7.74. The van der Waals surface area contributed by atoms with Gasteiger partial charge in [-0.2, -0.15) is 25.3 Å². The van der Waals surface area contributed by atoms with E-state index in [1.54, 1.807) is 0 Å². The summed E-state index contributed by atoms with van der Waals surface area (Å²) in [4.78, 5) is 24.9. The van der Waals surface area contributed by atoms with E-state index in [2.05, 4.69) is 4.28 Å². The van der Waals surface area contributed by atoms with Crippen molar-refractivity contribution in [2.75, 3.05) is 0 Å². The molecule has 0 heterocycles. The quantitative estimate of drug-likeness (QED) is 0.0484. The predicted octanol–water partition coefficient (Wildman–Crippen LogP) is -6.69. The van der Waals surface area contributed by atoms with Gasteiger partial charge in [-0.05, 0) is 0 Å². The molecule has 31 heteroatoms. The van der Waals surface area contributed by atoms with E-state index in [0.29, 0.717) is 0 Å². The Kier molecular flexibility index (Phi) is 112. The first-order valence-electron chi connectivity index (χ1n) is 3.87. The van der Waals surface area contributed by atoms with Crippen LogP contribution in [0.5, 0.6) is 0 Å². The Bertz CT molecular complexity index is 705. The van der Waals surface area contributed by atoms with Gasteiger partial charge in [0.15, 0.2) is 10.7 Å². The molecule has 0 aromatic carbocycles. The molecule has 0 spiro atoms. The topological polar surface area (TPSA) is 453 Å². The fraction of sp³-hybridized carbons (Fsp3) is 1.00. The second-order valence-corrected chi connectivity index (χ2v) is 5.71. The van der Waals surface area contributed by atoms with Crippen molar-refractivity contribution in [1.29, 1.82) is 0 Å². The number of rotatable bonds is 2. The molecule has 25 nitrogen and oxygen atoms in total. The minimum Gasteiger partial charge on any atom is -0.726 e. The van der Waals surface area contributed by atoms with Crippen LogP contribution in [-0.2, 0) is 45.9 Å². The summed E-state index contributed by atoms with van der Waals surface area (Å²) in [5, 5.41) is 18.3. The van der Waals surface area contributed by atoms with E-state index in [4.69, 9.17) is 82.3 Å². The molecule has 0 aliphatic carbocycles. The van der Waals surface area contributed by atoms with Crippen LogP contribution in [0.15, 0.2) is 16.0 Å². The molecule has 0 rings (SSSR count). The average Bonchev–Trinajstić information content (AvgIpc) is 2.21. The third kappa shape index (κ3) is 2500. The Morgan fingerprint density at radius 2 is 0.714 bits per heavy atom. The fourth-order valence-corrected chi connectivity index (χ4v) is 0.115. The number of hydrogen-bond acceptors (Lipinski definition) is 17. The van der Waals surface area contributed by atoms with E-state index in [1.165, 1.54) is 10.7 Å². The van der Waals surface area contributed by atoms with Crippen LogP contribution < -0.4 is 59.1 Å². The maximum absolute atomic E-state index is 9.27. The van der Waals surface area contributed by atoms with Crippen molar-refractivity contribution in [3.8, 4) is 0 Å². The largest absolute Gasteiger partial charge is 1.00 e. The zero-order valence-electron chi connectivity index (χ0n) is 14.3. The molecule has 214 valence electrons. The van der Waals surface area contributed by atoms with E-state index < -0.39 is 41.6 Å². The van der Waals surface area contributed by atoms with E-state index in [0.717, 1.165) is 5.34 Å². The van der Waals surface area contributed by atoms with Gasteiger partial charge >= 0.3 is 90.3 Å². The maximum Gasteiger partial charge on any atom is 1.00 e. The third-order valence-corrected chi connectivity index (χ3v) is 0.374. The van der Waals surface area contributed by atoms with Gasteiger partial charge in [-0.25, -0.2) is 12.7 Å². The molecule has 0 aliphatic heterocycles. The summed E-state index contributed by atoms with van der Waals surface area (Å²) in [7, 11) is -18.9. The molecule has 35 heavy (non-hydrogen) atoms. The summed E-state index contributed by atoms with van der Waals surface area (Å²) in [6.07, 6.45) is 0. The summed E-state index contributed by atoms with van der Waals surface area (Å²) in [5.41, 5.74) is 0. The van der Waals surface area contributed by atoms with Gasteiger partial charge < -0.3 is 25.4 Å². The van der Waals surface area contributed by atoms with Crippen LogP contribution in [0.2, 0.25) is 0 Å². The van der Waals surface area contributed by atoms with Crippen molar-refractivity contribution >= 4 is 41.6 Å². The van der Waals surface area contributed by atoms with E-state index in [1.807, 2.05) is 0 Å². The smallest absolute Gasteiger partial charge is 0.726 e. The summed E-state index contributed by atoms with van der Waals surface area (Å²) in [6, 6.07) is 0. The van der Waals surface area contributed by atoms with E-state index >= 15 is 0 Å². The molecule has 0 aliphatic rings. The summed E-state index contributed by atoms with van der Waals surface area (Å²) in [5.74, 6) is 0. The minimum absolute atomic E-state index is 0. The molecular formula is C4H25N3Na2O22S4. The van der Waals surface area contributed by atoms with Crippen LogP contribution in [-0.4, -0.2) is 76.2 Å². The Morgan fingerprint density at radius 1 is 0.629 bits per heavy atom. The average molecular weight is 641 g/mol. The molecule has 0 atom stereocenters. The first-order chi connectivity index (χ1) is 11.9. The third-order valence-electron chi connectivity index (χ3n) is 0.125. The summed E-state index contributed by atoms with van der Waals surface area (Å²) < 4.78 is 125. The van der Waals surface area contributed by atoms with Crippen LogP contribution in [0.3, 0.4) is 0 Å². The molecule has 9 N–H and O–H groups in total. The Labute approximate surface area is 245 Å². The first kappa shape index (κ1) is 83.7. The maximum atomic E-state index is 9.27. The second-order valence-electron chi connectivity index (χ2n) is 2.06. The standard InChI is InChI=1S/4CH4.HNO5S.2HNO2.2Na.3H2O4S.H2O/c;;;;2-1-6-7(3,4)5;2*2-1-3;;;3*1-5(2,3)4;/h4*1H4;(H,3,4,5);2*(H,2,3);;;3*(H2,1,2,3,4);1H2/q;;;;;;;2*+1;;;;/p-2. The molecule has 0 saturated heterocycles. The zero-order chi connectivity index (χ0) is 24.8. The first-order valence-corrected chi connectivity index (χ1v) is 9.40. The Hall–Kier alpha value is -0.320. The van der Waals surface area contributed by atoms with Gasteiger partial charge in [-0.1, -0.05) is 29.7 Å². The van der Waals surface area contributed by atoms with Crippen LogP contribution in [0.4, 0.5) is 0 Å². The molecule has 0 aromatic rings. The van der Waals surface area contributed by atoms with Crippen molar-refractivity contribution in [1.82, 2.24) is 0 Å². The van der Waals surface area contributed by atoms with Gasteiger partial charge in [0.1, 0.15) is 0 Å². The second kappa shape index (κ2) is 46.9. The number of nitrogens with zero attached hydrogens (tertiary/aromatic N) is 3. The van der Waals surface area contributed by atoms with Crippen molar-refractivity contribution in [3.63, 3.8) is 0 Å². The minimum atomic E-state index is -4.92. The summed E-state index contributed by atoms with van der Waals surface area (Å²) >= 11 is 0. The zero-order valence-corrected chi connectivity index (χ0v) is 21.6. The van der Waals surface area contributed by atoms with Gasteiger partial charge in [-0.3, -0.25) is 27.3 Å². The predicted molar refractivity (Wildman–Crippen MR) is 106 cm³/mol. The monoisotopic (exact) mass is 641 g/mol. The molecular weight excluding hydrogens is 616 g/mol. The van der Waals surface area contributed by atoms with Crippen molar-refractivity contribution in [2.45, 2.75) is 29.7 Å². The van der Waals surface area contributed by atoms with Gasteiger partial charge in [0, 0.05) is 0 Å². The van der Waals surface area contributed by atoms with Crippen molar-refractivity contribution < 1.29 is 140 Å². The van der Waals surface area contributed by atoms with E-state index in [-0.39, 0.29) is 94.3 Å². The van der Waals surface area contributed by atoms with Crippen LogP contribution in [0.1, 0.15) is 29.7 Å². The van der Waals surface area contributed by atoms with Crippen molar-refractivity contribution in [2.24, 2.45) is 16.0 Å². The molecule has 0 amide bonds. The fourth-order valence-electron chi connectivity index (χ4n) is 0.0385. The van der Waals surface area contributed by atoms with Gasteiger partial charge in [0.25, 0.3) is 0 Å². The van der Waals surface area contributed by atoms with Gasteiger partial charge in [-0.15, -0.1) is 15.2 Å². The number of hydrogen-bond donors (Lipinski definition) is 7. The Balaban J connectivity index is -0.0000000148. The molecule has 0 radical (unpaired) electrons. The van der Waals surface area contributed by atoms with Gasteiger partial charge in [0.2, 0.25) is 10.4 Å². The molecule has 0 saturated carbocycles. The Morgan fingerprint density at radius 3 is 0.714 bits per heavy atom.